The van der Waals surface area contributed by atoms with Gasteiger partial charge in [-0.3, -0.25) is 0 Å². The third kappa shape index (κ3) is 2320. The Morgan fingerprint density at radius 1 is 0.538 bits per heavy atom. The zero-order valence-electron chi connectivity index (χ0n) is 5.76. The Morgan fingerprint density at radius 2 is 0.538 bits per heavy atom. The molecule has 0 saturated carbocycles. The average Bonchev–Trinajstić information content (AvgIpc) is 1.92. The van der Waals surface area contributed by atoms with Gasteiger partial charge in [0.2, 0.25) is 0 Å². The topological polar surface area (TPSA) is 95.2 Å². The van der Waals surface area contributed by atoms with Crippen molar-refractivity contribution in [3.8, 4) is 21.6 Å². The standard InChI is InChI=1S/4CHNS.Co/c4*2-1-3;/h4*3H;/q;;;;+2/p-4. The molecule has 4 nitrogen and oxygen atoms in total. The molecule has 0 fully saturated rings. The van der Waals surface area contributed by atoms with Crippen molar-refractivity contribution in [3.05, 3.63) is 0 Å². The molecular formula is C4CoN4S4-2. The van der Waals surface area contributed by atoms with E-state index in [4.69, 9.17) is 21.0 Å². The molecule has 0 rings (SSSR count). The van der Waals surface area contributed by atoms with Crippen molar-refractivity contribution in [2.75, 3.05) is 0 Å². The first-order valence-corrected chi connectivity index (χ1v) is 3.34. The van der Waals surface area contributed by atoms with Gasteiger partial charge in [0.05, 0.1) is 0 Å². The third-order valence-corrected chi connectivity index (χ3v) is 0. The van der Waals surface area contributed by atoms with E-state index in [-0.39, 0.29) is 16.8 Å². The van der Waals surface area contributed by atoms with E-state index >= 15 is 0 Å². The van der Waals surface area contributed by atoms with Gasteiger partial charge in [-0.05, 0) is 0 Å². The second-order valence-corrected chi connectivity index (χ2v) is 1.10. The Hall–Kier alpha value is -0.654. The predicted octanol–water partition coefficient (Wildman–Crippen LogP) is 0.0550. The van der Waals surface area contributed by atoms with Gasteiger partial charge in [0.15, 0.2) is 0 Å². The van der Waals surface area contributed by atoms with Crippen LogP contribution in [0, 0.1) is 42.7 Å². The Labute approximate surface area is 109 Å². The van der Waals surface area contributed by atoms with Crippen LogP contribution in [0.25, 0.3) is 0 Å². The van der Waals surface area contributed by atoms with Gasteiger partial charge in [0.1, 0.15) is 0 Å². The predicted molar refractivity (Wildman–Crippen MR) is 51.9 cm³/mol. The van der Waals surface area contributed by atoms with E-state index in [9.17, 15) is 0 Å². The van der Waals surface area contributed by atoms with Gasteiger partial charge >= 0.3 is 16.8 Å². The van der Waals surface area contributed by atoms with Gasteiger partial charge in [-0.15, -0.1) is 0 Å². The first-order valence-electron chi connectivity index (χ1n) is 1.71. The SMILES string of the molecule is N#C[S-].N#C[S-].N#C[S-].N#C[S-].[Co+2]. The number of nitriles is 4. The van der Waals surface area contributed by atoms with Crippen molar-refractivity contribution in [3.63, 3.8) is 0 Å². The smallest absolute Gasteiger partial charge is 0.696 e. The second kappa shape index (κ2) is 108. The number of rotatable bonds is 0. The van der Waals surface area contributed by atoms with Crippen LogP contribution in [-0.4, -0.2) is 0 Å². The first kappa shape index (κ1) is 29.5. The largest absolute Gasteiger partial charge is 2.00 e. The van der Waals surface area contributed by atoms with Gasteiger partial charge in [-0.25, -0.2) is 21.0 Å². The summed E-state index contributed by atoms with van der Waals surface area (Å²) in [6.07, 6.45) is 0. The molecule has 0 aromatic carbocycles. The van der Waals surface area contributed by atoms with E-state index in [1.165, 1.54) is 21.6 Å². The Balaban J connectivity index is -0.0000000213. The maximum Gasteiger partial charge on any atom is 2.00 e. The normalized spacial score (nSPS) is 2.15. The van der Waals surface area contributed by atoms with Crippen molar-refractivity contribution in [1.82, 2.24) is 0 Å². The second-order valence-electron chi connectivity index (χ2n) is 0.365. The number of hydrogen-bond donors (Lipinski definition) is 0. The Bertz CT molecular complexity index is 158. The van der Waals surface area contributed by atoms with Crippen LogP contribution in [0.15, 0.2) is 0 Å². The molecule has 0 aliphatic heterocycles. The molecule has 0 spiro atoms. The van der Waals surface area contributed by atoms with Crippen LogP contribution in [-0.2, 0) is 67.3 Å². The van der Waals surface area contributed by atoms with Crippen LogP contribution in [0.5, 0.6) is 0 Å². The van der Waals surface area contributed by atoms with Crippen LogP contribution in [0.1, 0.15) is 0 Å². The summed E-state index contributed by atoms with van der Waals surface area (Å²) in [7, 11) is 0. The fourth-order valence-corrected chi connectivity index (χ4v) is 0. The quantitative estimate of drug-likeness (QED) is 0.456. The van der Waals surface area contributed by atoms with E-state index in [2.05, 4.69) is 50.5 Å². The fourth-order valence-electron chi connectivity index (χ4n) is 0. The molecule has 0 saturated heterocycles. The van der Waals surface area contributed by atoms with Crippen LogP contribution >= 0.6 is 0 Å². The molecule has 0 aromatic rings. The fraction of sp³-hybridized carbons (Fsp3) is 0. The minimum Gasteiger partial charge on any atom is -0.696 e. The number of nitrogens with zero attached hydrogens (tertiary/aromatic N) is 4. The molecule has 71 valence electrons. The van der Waals surface area contributed by atoms with E-state index in [1.807, 2.05) is 0 Å². The van der Waals surface area contributed by atoms with Crippen molar-refractivity contribution in [1.29, 1.82) is 21.0 Å². The summed E-state index contributed by atoms with van der Waals surface area (Å²) in [6, 6.07) is 0. The van der Waals surface area contributed by atoms with E-state index in [0.29, 0.717) is 0 Å². The average molecular weight is 291 g/mol. The Kier molecular flexibility index (Phi) is 246. The molecule has 0 aliphatic rings. The molecule has 0 aliphatic carbocycles. The van der Waals surface area contributed by atoms with Gasteiger partial charge in [-0.2, -0.15) is 0 Å². The summed E-state index contributed by atoms with van der Waals surface area (Å²) >= 11 is 14.8. The van der Waals surface area contributed by atoms with Gasteiger partial charge in [0, 0.05) is 0 Å². The van der Waals surface area contributed by atoms with Crippen LogP contribution in [0.3, 0.4) is 0 Å². The van der Waals surface area contributed by atoms with Gasteiger partial charge in [0.25, 0.3) is 0 Å². The van der Waals surface area contributed by atoms with Crippen molar-refractivity contribution < 1.29 is 16.8 Å². The molecule has 9 heteroatoms. The van der Waals surface area contributed by atoms with Crippen LogP contribution in [0.2, 0.25) is 0 Å². The Morgan fingerprint density at radius 3 is 0.538 bits per heavy atom. The number of hydrogen-bond acceptors (Lipinski definition) is 8. The van der Waals surface area contributed by atoms with E-state index < -0.39 is 0 Å². The molecule has 0 unspecified atom stereocenters. The molecule has 1 radical (unpaired) electrons. The molecule has 0 amide bonds. The maximum absolute atomic E-state index is 7.13. The monoisotopic (exact) mass is 291 g/mol. The molecule has 0 bridgehead atoms. The minimum absolute atomic E-state index is 0. The molecule has 0 heterocycles. The first-order chi connectivity index (χ1) is 5.66. The summed E-state index contributed by atoms with van der Waals surface area (Å²) in [4.78, 5) is 0. The van der Waals surface area contributed by atoms with Gasteiger partial charge in [-0.1, -0.05) is 21.6 Å². The summed E-state index contributed by atoms with van der Waals surface area (Å²) in [5.74, 6) is 0. The molecule has 13 heavy (non-hydrogen) atoms. The molecule has 0 N–H and O–H groups in total. The van der Waals surface area contributed by atoms with Crippen molar-refractivity contribution >= 4 is 50.5 Å². The third-order valence-electron chi connectivity index (χ3n) is 0. The van der Waals surface area contributed by atoms with Crippen molar-refractivity contribution in [2.24, 2.45) is 0 Å². The van der Waals surface area contributed by atoms with Crippen molar-refractivity contribution in [2.45, 2.75) is 0 Å². The maximum atomic E-state index is 7.13. The molecular weight excluding hydrogens is 291 g/mol. The van der Waals surface area contributed by atoms with Crippen LogP contribution in [0.4, 0.5) is 0 Å². The van der Waals surface area contributed by atoms with E-state index in [0.717, 1.165) is 0 Å². The zero-order chi connectivity index (χ0) is 10.8. The van der Waals surface area contributed by atoms with E-state index in [1.54, 1.807) is 0 Å². The van der Waals surface area contributed by atoms with Gasteiger partial charge < -0.3 is 50.5 Å². The zero-order valence-corrected chi connectivity index (χ0v) is 10.1. The summed E-state index contributed by atoms with van der Waals surface area (Å²) in [5.41, 5.74) is 0. The molecule has 0 aromatic heterocycles. The number of thiocyanates is 4. The summed E-state index contributed by atoms with van der Waals surface area (Å²) in [6.45, 7) is 0. The summed E-state index contributed by atoms with van der Waals surface area (Å²) < 4.78 is 0. The van der Waals surface area contributed by atoms with Crippen LogP contribution < -0.4 is 0 Å². The summed E-state index contributed by atoms with van der Waals surface area (Å²) in [5, 5.41) is 33.9. The molecule has 0 atom stereocenters. The minimum atomic E-state index is 0.